The Morgan fingerprint density at radius 2 is 2.10 bits per heavy atom. The second-order valence-corrected chi connectivity index (χ2v) is 5.40. The van der Waals surface area contributed by atoms with Gasteiger partial charge in [0.25, 0.3) is 5.91 Å². The quantitative estimate of drug-likeness (QED) is 0.825. The van der Waals surface area contributed by atoms with Gasteiger partial charge in [-0.05, 0) is 12.8 Å². The minimum Gasteiger partial charge on any atom is -0.480 e. The van der Waals surface area contributed by atoms with Gasteiger partial charge in [-0.25, -0.2) is 9.78 Å². The molecule has 0 aliphatic carbocycles. The second kappa shape index (κ2) is 6.66. The van der Waals surface area contributed by atoms with E-state index in [9.17, 15) is 9.59 Å². The molecule has 1 aliphatic heterocycles. The molecule has 0 unspecified atom stereocenters. The molecule has 0 aromatic carbocycles. The van der Waals surface area contributed by atoms with Gasteiger partial charge >= 0.3 is 5.97 Å². The highest BCUT2D eigenvalue weighted by molar-refractivity contribution is 5.90. The minimum absolute atomic E-state index is 0.108. The maximum Gasteiger partial charge on any atom is 0.329 e. The predicted molar refractivity (Wildman–Crippen MR) is 73.0 cm³/mol. The van der Waals surface area contributed by atoms with Crippen LogP contribution in [0.15, 0.2) is 0 Å². The summed E-state index contributed by atoms with van der Waals surface area (Å²) in [5.74, 6) is -0.110. The molecule has 0 saturated carbocycles. The molecule has 0 spiro atoms. The molecule has 8 heteroatoms. The zero-order valence-corrected chi connectivity index (χ0v) is 12.2. The standard InChI is InChI=1S/C13H20N4O4/c1-8(2)11-14-12(16-15-11)13(20)17-5-3-9(4-6-17)21-7-10(18)19/h8-9H,3-7H2,1-2H3,(H,18,19)(H,14,15,16). The lowest BCUT2D eigenvalue weighted by Gasteiger charge is -2.30. The normalized spacial score (nSPS) is 16.4. The molecule has 0 radical (unpaired) electrons. The van der Waals surface area contributed by atoms with Gasteiger partial charge in [0.2, 0.25) is 5.82 Å². The van der Waals surface area contributed by atoms with E-state index in [0.717, 1.165) is 0 Å². The number of carbonyl (C=O) groups excluding carboxylic acids is 1. The molecule has 1 aromatic rings. The van der Waals surface area contributed by atoms with E-state index in [1.165, 1.54) is 0 Å². The van der Waals surface area contributed by atoms with Crippen LogP contribution in [0.1, 0.15) is 49.1 Å². The first kappa shape index (κ1) is 15.4. The number of piperidine rings is 1. The molecular formula is C13H20N4O4. The van der Waals surface area contributed by atoms with Crippen molar-refractivity contribution in [2.24, 2.45) is 0 Å². The molecular weight excluding hydrogens is 276 g/mol. The topological polar surface area (TPSA) is 108 Å². The fraction of sp³-hybridized carbons (Fsp3) is 0.692. The maximum atomic E-state index is 12.3. The molecule has 8 nitrogen and oxygen atoms in total. The lowest BCUT2D eigenvalue weighted by Crippen LogP contribution is -2.41. The number of aromatic amines is 1. The number of carbonyl (C=O) groups is 2. The highest BCUT2D eigenvalue weighted by Crippen LogP contribution is 2.16. The van der Waals surface area contributed by atoms with Crippen molar-refractivity contribution in [2.75, 3.05) is 19.7 Å². The SMILES string of the molecule is CC(C)c1nc(C(=O)N2CCC(OCC(=O)O)CC2)n[nH]1. The predicted octanol–water partition coefficient (Wildman–Crippen LogP) is 0.634. The molecule has 1 saturated heterocycles. The van der Waals surface area contributed by atoms with Crippen LogP contribution in [0.3, 0.4) is 0 Å². The van der Waals surface area contributed by atoms with Gasteiger partial charge in [0.1, 0.15) is 12.4 Å². The Labute approximate surface area is 122 Å². The van der Waals surface area contributed by atoms with Crippen LogP contribution in [-0.4, -0.2) is 62.9 Å². The van der Waals surface area contributed by atoms with Gasteiger partial charge in [-0.3, -0.25) is 9.89 Å². The van der Waals surface area contributed by atoms with Crippen molar-refractivity contribution in [1.29, 1.82) is 0 Å². The third-order valence-corrected chi connectivity index (χ3v) is 3.41. The summed E-state index contributed by atoms with van der Waals surface area (Å²) in [4.78, 5) is 28.6. The lowest BCUT2D eigenvalue weighted by molar-refractivity contribution is -0.145. The van der Waals surface area contributed by atoms with Gasteiger partial charge < -0.3 is 14.7 Å². The first-order chi connectivity index (χ1) is 9.97. The summed E-state index contributed by atoms with van der Waals surface area (Å²) in [6.07, 6.45) is 1.14. The van der Waals surface area contributed by atoms with Crippen molar-refractivity contribution in [3.8, 4) is 0 Å². The number of carboxylic acids is 1. The number of H-pyrrole nitrogens is 1. The number of ether oxygens (including phenoxy) is 1. The number of carboxylic acid groups (broad SMARTS) is 1. The molecule has 21 heavy (non-hydrogen) atoms. The first-order valence-corrected chi connectivity index (χ1v) is 7.02. The Bertz CT molecular complexity index is 506. The first-order valence-electron chi connectivity index (χ1n) is 7.02. The van der Waals surface area contributed by atoms with Gasteiger partial charge in [-0.2, -0.15) is 0 Å². The highest BCUT2D eigenvalue weighted by Gasteiger charge is 2.26. The summed E-state index contributed by atoms with van der Waals surface area (Å²) in [5, 5.41) is 15.3. The van der Waals surface area contributed by atoms with Crippen molar-refractivity contribution in [2.45, 2.75) is 38.7 Å². The summed E-state index contributed by atoms with van der Waals surface area (Å²) < 4.78 is 5.24. The number of rotatable bonds is 5. The summed E-state index contributed by atoms with van der Waals surface area (Å²) in [7, 11) is 0. The van der Waals surface area contributed by atoms with Gasteiger partial charge in [-0.1, -0.05) is 13.8 Å². The zero-order valence-electron chi connectivity index (χ0n) is 12.2. The fourth-order valence-corrected chi connectivity index (χ4v) is 2.18. The number of aromatic nitrogens is 3. The van der Waals surface area contributed by atoms with E-state index >= 15 is 0 Å². The number of likely N-dealkylation sites (tertiary alicyclic amines) is 1. The van der Waals surface area contributed by atoms with Crippen LogP contribution in [0.5, 0.6) is 0 Å². The number of nitrogens with zero attached hydrogens (tertiary/aromatic N) is 3. The van der Waals surface area contributed by atoms with E-state index < -0.39 is 5.97 Å². The van der Waals surface area contributed by atoms with Crippen LogP contribution in [-0.2, 0) is 9.53 Å². The van der Waals surface area contributed by atoms with Crippen LogP contribution in [0, 0.1) is 0 Å². The highest BCUT2D eigenvalue weighted by atomic mass is 16.5. The molecule has 0 bridgehead atoms. The summed E-state index contributed by atoms with van der Waals surface area (Å²) in [6, 6.07) is 0. The average molecular weight is 296 g/mol. The molecule has 2 N–H and O–H groups in total. The van der Waals surface area contributed by atoms with Crippen molar-refractivity contribution < 1.29 is 19.4 Å². The number of aliphatic carboxylic acids is 1. The van der Waals surface area contributed by atoms with Crippen LogP contribution in [0.4, 0.5) is 0 Å². The Morgan fingerprint density at radius 1 is 1.43 bits per heavy atom. The van der Waals surface area contributed by atoms with Crippen LogP contribution in [0.25, 0.3) is 0 Å². The van der Waals surface area contributed by atoms with E-state index in [2.05, 4.69) is 15.2 Å². The van der Waals surface area contributed by atoms with E-state index in [1.54, 1.807) is 4.90 Å². The Kier molecular flexibility index (Phi) is 4.89. The Balaban J connectivity index is 1.86. The number of hydrogen-bond donors (Lipinski definition) is 2. The van der Waals surface area contributed by atoms with Gasteiger partial charge in [0, 0.05) is 19.0 Å². The van der Waals surface area contributed by atoms with Gasteiger partial charge in [0.05, 0.1) is 6.10 Å². The van der Waals surface area contributed by atoms with E-state index in [1.807, 2.05) is 13.8 Å². The summed E-state index contributed by atoms with van der Waals surface area (Å²) in [5.41, 5.74) is 0. The molecule has 2 rings (SSSR count). The maximum absolute atomic E-state index is 12.3. The van der Waals surface area contributed by atoms with Crippen molar-refractivity contribution in [1.82, 2.24) is 20.1 Å². The number of amides is 1. The smallest absolute Gasteiger partial charge is 0.329 e. The van der Waals surface area contributed by atoms with Crippen LogP contribution < -0.4 is 0 Å². The van der Waals surface area contributed by atoms with Crippen LogP contribution in [0.2, 0.25) is 0 Å². The second-order valence-electron chi connectivity index (χ2n) is 5.40. The number of nitrogens with one attached hydrogen (secondary N) is 1. The lowest BCUT2D eigenvalue weighted by atomic mass is 10.1. The fourth-order valence-electron chi connectivity index (χ4n) is 2.18. The molecule has 1 aromatic heterocycles. The Hall–Kier alpha value is -1.96. The molecule has 116 valence electrons. The monoisotopic (exact) mass is 296 g/mol. The molecule has 1 amide bonds. The molecule has 1 fully saturated rings. The molecule has 1 aliphatic rings. The van der Waals surface area contributed by atoms with E-state index in [-0.39, 0.29) is 30.4 Å². The largest absolute Gasteiger partial charge is 0.480 e. The Morgan fingerprint density at radius 3 is 2.62 bits per heavy atom. The van der Waals surface area contributed by atoms with Crippen LogP contribution >= 0.6 is 0 Å². The number of hydrogen-bond acceptors (Lipinski definition) is 5. The van der Waals surface area contributed by atoms with Crippen molar-refractivity contribution >= 4 is 11.9 Å². The molecule has 0 atom stereocenters. The minimum atomic E-state index is -0.976. The average Bonchev–Trinajstić information content (AvgIpc) is 2.95. The van der Waals surface area contributed by atoms with E-state index in [0.29, 0.717) is 31.8 Å². The summed E-state index contributed by atoms with van der Waals surface area (Å²) in [6.45, 7) is 4.70. The third kappa shape index (κ3) is 4.01. The van der Waals surface area contributed by atoms with E-state index in [4.69, 9.17) is 9.84 Å². The van der Waals surface area contributed by atoms with Gasteiger partial charge in [-0.15, -0.1) is 5.10 Å². The van der Waals surface area contributed by atoms with Crippen molar-refractivity contribution in [3.63, 3.8) is 0 Å². The van der Waals surface area contributed by atoms with Crippen molar-refractivity contribution in [3.05, 3.63) is 11.6 Å². The third-order valence-electron chi connectivity index (χ3n) is 3.41. The molecule has 2 heterocycles. The zero-order chi connectivity index (χ0) is 15.4. The van der Waals surface area contributed by atoms with Gasteiger partial charge in [0.15, 0.2) is 0 Å². The summed E-state index contributed by atoms with van der Waals surface area (Å²) >= 11 is 0.